The first-order valence-electron chi connectivity index (χ1n) is 9.95. The van der Waals surface area contributed by atoms with Gasteiger partial charge in [0.2, 0.25) is 0 Å². The van der Waals surface area contributed by atoms with Crippen molar-refractivity contribution in [3.8, 4) is 5.75 Å². The molecule has 1 unspecified atom stereocenters. The third-order valence-electron chi connectivity index (χ3n) is 5.62. The van der Waals surface area contributed by atoms with E-state index < -0.39 is 35.4 Å². The quantitative estimate of drug-likeness (QED) is 0.367. The van der Waals surface area contributed by atoms with Gasteiger partial charge in [0.15, 0.2) is 0 Å². The molecule has 6 nitrogen and oxygen atoms in total. The van der Waals surface area contributed by atoms with Crippen molar-refractivity contribution in [3.05, 3.63) is 76.1 Å². The lowest BCUT2D eigenvalue weighted by Crippen LogP contribution is -2.40. The number of benzene rings is 1. The molecule has 170 valence electrons. The largest absolute Gasteiger partial charge is 0.484 e. The summed E-state index contributed by atoms with van der Waals surface area (Å²) in [5.41, 5.74) is -0.218. The van der Waals surface area contributed by atoms with Gasteiger partial charge in [-0.15, -0.1) is 0 Å². The first kappa shape index (κ1) is 21.4. The zero-order valence-electron chi connectivity index (χ0n) is 16.8. The van der Waals surface area contributed by atoms with Crippen LogP contribution in [-0.4, -0.2) is 16.0 Å². The Morgan fingerprint density at radius 3 is 2.76 bits per heavy atom. The summed E-state index contributed by atoms with van der Waals surface area (Å²) in [6, 6.07) is 5.59. The van der Waals surface area contributed by atoms with Crippen LogP contribution in [0.5, 0.6) is 5.75 Å². The molecule has 33 heavy (non-hydrogen) atoms. The van der Waals surface area contributed by atoms with Crippen LogP contribution < -0.4 is 15.0 Å². The number of amides is 2. The van der Waals surface area contributed by atoms with Crippen LogP contribution >= 0.6 is 11.6 Å². The maximum absolute atomic E-state index is 14.2. The molecule has 11 heteroatoms. The third kappa shape index (κ3) is 3.84. The molecule has 1 aromatic carbocycles. The van der Waals surface area contributed by atoms with Crippen LogP contribution in [0.25, 0.3) is 0 Å². The number of halogens is 5. The van der Waals surface area contributed by atoms with Crippen molar-refractivity contribution in [1.29, 1.82) is 0 Å². The SMILES string of the molecule is O=C1Nc2ccnc(Cl)c2CN1c1cc2c(cc1C(F)(F)F)CCC(c1ncccc1F)O2. The summed E-state index contributed by atoms with van der Waals surface area (Å²) in [6.07, 6.45) is -2.20. The fourth-order valence-electron chi connectivity index (χ4n) is 4.04. The van der Waals surface area contributed by atoms with E-state index in [1.54, 1.807) is 0 Å². The van der Waals surface area contributed by atoms with Crippen LogP contribution in [0, 0.1) is 5.82 Å². The van der Waals surface area contributed by atoms with Gasteiger partial charge in [-0.1, -0.05) is 11.6 Å². The van der Waals surface area contributed by atoms with Crippen LogP contribution in [0.4, 0.5) is 33.7 Å². The van der Waals surface area contributed by atoms with Gasteiger partial charge in [0.05, 0.1) is 23.5 Å². The second-order valence-corrected chi connectivity index (χ2v) is 7.99. The number of nitrogens with zero attached hydrogens (tertiary/aromatic N) is 3. The minimum Gasteiger partial charge on any atom is -0.484 e. The van der Waals surface area contributed by atoms with E-state index in [2.05, 4.69) is 15.3 Å². The molecule has 0 saturated carbocycles. The molecule has 0 spiro atoms. The molecular weight excluding hydrogens is 464 g/mol. The van der Waals surface area contributed by atoms with Crippen molar-refractivity contribution in [2.45, 2.75) is 31.7 Å². The summed E-state index contributed by atoms with van der Waals surface area (Å²) in [6.45, 7) is -0.214. The minimum atomic E-state index is -4.73. The monoisotopic (exact) mass is 478 g/mol. The number of pyridine rings is 2. The van der Waals surface area contributed by atoms with Crippen molar-refractivity contribution in [3.63, 3.8) is 0 Å². The number of hydrogen-bond donors (Lipinski definition) is 1. The average Bonchev–Trinajstić information content (AvgIpc) is 2.77. The molecule has 5 rings (SSSR count). The maximum Gasteiger partial charge on any atom is 0.418 e. The molecule has 2 aliphatic rings. The van der Waals surface area contributed by atoms with Gasteiger partial charge in [-0.05, 0) is 42.7 Å². The third-order valence-corrected chi connectivity index (χ3v) is 5.94. The van der Waals surface area contributed by atoms with Crippen molar-refractivity contribution < 1.29 is 27.1 Å². The number of aromatic nitrogens is 2. The molecular formula is C22H15ClF4N4O2. The van der Waals surface area contributed by atoms with Crippen molar-refractivity contribution in [1.82, 2.24) is 9.97 Å². The number of hydrogen-bond acceptors (Lipinski definition) is 4. The number of carbonyl (C=O) groups excluding carboxylic acids is 1. The van der Waals surface area contributed by atoms with Crippen LogP contribution in [0.15, 0.2) is 42.7 Å². The van der Waals surface area contributed by atoms with Gasteiger partial charge in [-0.25, -0.2) is 14.2 Å². The normalized spacial score (nSPS) is 17.7. The first-order chi connectivity index (χ1) is 15.7. The zero-order chi connectivity index (χ0) is 23.3. The van der Waals surface area contributed by atoms with Crippen molar-refractivity contribution in [2.75, 3.05) is 10.2 Å². The molecule has 2 aliphatic heterocycles. The number of anilines is 2. The van der Waals surface area contributed by atoms with Gasteiger partial charge in [-0.3, -0.25) is 9.88 Å². The average molecular weight is 479 g/mol. The Bertz CT molecular complexity index is 1270. The molecule has 1 atom stereocenters. The molecule has 2 aromatic heterocycles. The lowest BCUT2D eigenvalue weighted by atomic mass is 9.96. The molecule has 0 fully saturated rings. The van der Waals surface area contributed by atoms with Crippen LogP contribution in [0.3, 0.4) is 0 Å². The number of nitrogens with one attached hydrogen (secondary N) is 1. The van der Waals surface area contributed by atoms with Gasteiger partial charge in [-0.2, -0.15) is 13.2 Å². The van der Waals surface area contributed by atoms with Gasteiger partial charge in [0.25, 0.3) is 0 Å². The molecule has 4 heterocycles. The van der Waals surface area contributed by atoms with Gasteiger partial charge in [0.1, 0.15) is 28.5 Å². The molecule has 0 saturated heterocycles. The smallest absolute Gasteiger partial charge is 0.418 e. The highest BCUT2D eigenvalue weighted by Gasteiger charge is 2.40. The Labute approximate surface area is 190 Å². The Kier molecular flexibility index (Phi) is 5.12. The first-order valence-corrected chi connectivity index (χ1v) is 10.3. The molecule has 2 amide bonds. The molecule has 3 aromatic rings. The highest BCUT2D eigenvalue weighted by molar-refractivity contribution is 6.31. The fourth-order valence-corrected chi connectivity index (χ4v) is 4.25. The molecule has 0 radical (unpaired) electrons. The summed E-state index contributed by atoms with van der Waals surface area (Å²) >= 11 is 6.11. The lowest BCUT2D eigenvalue weighted by molar-refractivity contribution is -0.137. The minimum absolute atomic E-state index is 0.0750. The van der Waals surface area contributed by atoms with E-state index in [0.29, 0.717) is 16.8 Å². The summed E-state index contributed by atoms with van der Waals surface area (Å²) < 4.78 is 62.0. The summed E-state index contributed by atoms with van der Waals surface area (Å²) in [5, 5.41) is 2.62. The van der Waals surface area contributed by atoms with E-state index in [4.69, 9.17) is 16.3 Å². The number of carbonyl (C=O) groups is 1. The van der Waals surface area contributed by atoms with Crippen LogP contribution in [0.1, 0.15) is 34.9 Å². The second-order valence-electron chi connectivity index (χ2n) is 7.63. The molecule has 0 aliphatic carbocycles. The van der Waals surface area contributed by atoms with E-state index in [1.165, 1.54) is 36.7 Å². The van der Waals surface area contributed by atoms with Crippen molar-refractivity contribution >= 4 is 29.0 Å². The van der Waals surface area contributed by atoms with Gasteiger partial charge >= 0.3 is 12.2 Å². The highest BCUT2D eigenvalue weighted by atomic mass is 35.5. The summed E-state index contributed by atoms with van der Waals surface area (Å²) in [5.74, 6) is -0.428. The summed E-state index contributed by atoms with van der Waals surface area (Å²) in [7, 11) is 0. The van der Waals surface area contributed by atoms with E-state index in [9.17, 15) is 22.4 Å². The number of aryl methyl sites for hydroxylation is 1. The summed E-state index contributed by atoms with van der Waals surface area (Å²) in [4.78, 5) is 21.6. The Balaban J connectivity index is 1.58. The van der Waals surface area contributed by atoms with Crippen LogP contribution in [-0.2, 0) is 19.1 Å². The number of rotatable bonds is 2. The van der Waals surface area contributed by atoms with E-state index in [1.807, 2.05) is 0 Å². The Hall–Kier alpha value is -3.40. The number of alkyl halides is 3. The van der Waals surface area contributed by atoms with Gasteiger partial charge < -0.3 is 10.1 Å². The number of fused-ring (bicyclic) bond motifs is 2. The molecule has 1 N–H and O–H groups in total. The Morgan fingerprint density at radius 1 is 1.18 bits per heavy atom. The van der Waals surface area contributed by atoms with Crippen molar-refractivity contribution in [2.24, 2.45) is 0 Å². The second kappa shape index (κ2) is 7.87. The highest BCUT2D eigenvalue weighted by Crippen LogP contribution is 2.45. The standard InChI is InChI=1S/C22H15ClF4N4O2/c23-20-12-10-31(21(32)30-15(12)5-7-29-20)16-9-18-11(8-13(16)22(25,26)27)3-4-17(33-18)19-14(24)2-1-6-28-19/h1-2,5-9,17H,3-4,10H2,(H,30,32). The topological polar surface area (TPSA) is 67.4 Å². The van der Waals surface area contributed by atoms with E-state index >= 15 is 0 Å². The predicted octanol–water partition coefficient (Wildman–Crippen LogP) is 5.91. The predicted molar refractivity (Wildman–Crippen MR) is 112 cm³/mol. The maximum atomic E-state index is 14.2. The van der Waals surface area contributed by atoms with Gasteiger partial charge in [0, 0.05) is 24.0 Å². The molecule has 0 bridgehead atoms. The van der Waals surface area contributed by atoms with E-state index in [-0.39, 0.29) is 36.0 Å². The zero-order valence-corrected chi connectivity index (χ0v) is 17.5. The fraction of sp³-hybridized carbons (Fsp3) is 0.227. The van der Waals surface area contributed by atoms with E-state index in [0.717, 1.165) is 11.0 Å². The van der Waals surface area contributed by atoms with Crippen LogP contribution in [0.2, 0.25) is 5.15 Å². The number of urea groups is 1. The lowest BCUT2D eigenvalue weighted by Gasteiger charge is -2.33. The number of ether oxygens (including phenoxy) is 1. The Morgan fingerprint density at radius 2 is 2.00 bits per heavy atom.